The minimum Gasteiger partial charge on any atom is -0.455 e. The van der Waals surface area contributed by atoms with Gasteiger partial charge in [0.1, 0.15) is 27.8 Å². The van der Waals surface area contributed by atoms with E-state index in [0.717, 1.165) is 82.8 Å². The van der Waals surface area contributed by atoms with Crippen LogP contribution in [-0.4, -0.2) is 19.9 Å². The van der Waals surface area contributed by atoms with Crippen molar-refractivity contribution in [2.75, 3.05) is 0 Å². The first kappa shape index (κ1) is 30.3. The Morgan fingerprint density at radius 3 is 1.87 bits per heavy atom. The summed E-state index contributed by atoms with van der Waals surface area (Å²) in [5.74, 6) is 2.19. The fraction of sp³-hybridized carbons (Fsp3) is 0.0213. The standard InChI is InChI=1S/C47H28N4O3/c1-27-12-7-25-39-41(27)48-47(54-39)36-22-10-20-34-40-35(21-11-24-38(40)53-43(34)36)46-50-44(28-13-3-2-4-14-28)49-45(51-46)30-16-8-15-29(26-30)31-18-9-19-33-32-17-5-6-23-37(32)52-42(31)33/h2-26H,1H3. The summed E-state index contributed by atoms with van der Waals surface area (Å²) in [7, 11) is 0. The van der Waals surface area contributed by atoms with E-state index in [1.165, 1.54) is 0 Å². The lowest BCUT2D eigenvalue weighted by atomic mass is 10.00. The van der Waals surface area contributed by atoms with E-state index < -0.39 is 0 Å². The molecule has 0 unspecified atom stereocenters. The predicted octanol–water partition coefficient (Wildman–Crippen LogP) is 12.5. The molecule has 4 aromatic heterocycles. The molecule has 0 N–H and O–H groups in total. The smallest absolute Gasteiger partial charge is 0.231 e. The molecule has 7 nitrogen and oxygen atoms in total. The molecule has 0 amide bonds. The maximum Gasteiger partial charge on any atom is 0.231 e. The van der Waals surface area contributed by atoms with Crippen molar-refractivity contribution in [3.05, 3.63) is 157 Å². The Morgan fingerprint density at radius 2 is 0.981 bits per heavy atom. The van der Waals surface area contributed by atoms with Crippen molar-refractivity contribution in [2.24, 2.45) is 0 Å². The third-order valence-corrected chi connectivity index (χ3v) is 10.1. The normalized spacial score (nSPS) is 11.8. The van der Waals surface area contributed by atoms with Crippen molar-refractivity contribution < 1.29 is 13.3 Å². The summed E-state index contributed by atoms with van der Waals surface area (Å²) in [4.78, 5) is 20.2. The molecule has 0 spiro atoms. The Kier molecular flexibility index (Phi) is 6.63. The van der Waals surface area contributed by atoms with Gasteiger partial charge in [0, 0.05) is 43.8 Å². The maximum absolute atomic E-state index is 6.60. The molecule has 7 heteroatoms. The van der Waals surface area contributed by atoms with Gasteiger partial charge < -0.3 is 13.3 Å². The second-order valence-electron chi connectivity index (χ2n) is 13.4. The molecule has 11 aromatic rings. The van der Waals surface area contributed by atoms with Gasteiger partial charge in [-0.25, -0.2) is 19.9 Å². The molecule has 0 bridgehead atoms. The molecular formula is C47H28N4O3. The number of oxazole rings is 1. The number of hydrogen-bond donors (Lipinski definition) is 0. The van der Waals surface area contributed by atoms with Crippen LogP contribution in [0.4, 0.5) is 0 Å². The first-order chi connectivity index (χ1) is 26.7. The summed E-state index contributed by atoms with van der Waals surface area (Å²) in [5, 5.41) is 4.00. The molecule has 11 rings (SSSR count). The molecule has 0 saturated carbocycles. The Labute approximate surface area is 308 Å². The van der Waals surface area contributed by atoms with Crippen molar-refractivity contribution in [3.63, 3.8) is 0 Å². The van der Waals surface area contributed by atoms with Crippen molar-refractivity contribution in [1.82, 2.24) is 19.9 Å². The van der Waals surface area contributed by atoms with Crippen LogP contribution < -0.4 is 0 Å². The second-order valence-corrected chi connectivity index (χ2v) is 13.4. The molecule has 4 heterocycles. The summed E-state index contributed by atoms with van der Waals surface area (Å²) in [5.41, 5.74) is 11.1. The van der Waals surface area contributed by atoms with Crippen molar-refractivity contribution in [2.45, 2.75) is 6.92 Å². The third-order valence-electron chi connectivity index (χ3n) is 10.1. The average Bonchev–Trinajstić information content (AvgIpc) is 3.95. The van der Waals surface area contributed by atoms with Crippen molar-refractivity contribution in [1.29, 1.82) is 0 Å². The van der Waals surface area contributed by atoms with Gasteiger partial charge in [0.25, 0.3) is 0 Å². The molecular weight excluding hydrogens is 669 g/mol. The van der Waals surface area contributed by atoms with Gasteiger partial charge in [0.15, 0.2) is 23.1 Å². The van der Waals surface area contributed by atoms with Crippen LogP contribution in [0.1, 0.15) is 5.56 Å². The third kappa shape index (κ3) is 4.76. The second kappa shape index (κ2) is 11.8. The zero-order chi connectivity index (χ0) is 35.8. The topological polar surface area (TPSA) is 91.0 Å². The highest BCUT2D eigenvalue weighted by Gasteiger charge is 2.22. The van der Waals surface area contributed by atoms with E-state index in [1.54, 1.807) is 0 Å². The molecule has 0 atom stereocenters. The van der Waals surface area contributed by atoms with Crippen LogP contribution in [0.15, 0.2) is 165 Å². The van der Waals surface area contributed by atoms with Crippen LogP contribution in [-0.2, 0) is 0 Å². The summed E-state index contributed by atoms with van der Waals surface area (Å²) in [6.45, 7) is 2.03. The lowest BCUT2D eigenvalue weighted by molar-refractivity contribution is 0.615. The molecule has 7 aromatic carbocycles. The minimum atomic E-state index is 0.512. The van der Waals surface area contributed by atoms with E-state index in [9.17, 15) is 0 Å². The van der Waals surface area contributed by atoms with Gasteiger partial charge in [-0.05, 0) is 48.4 Å². The van der Waals surface area contributed by atoms with Crippen molar-refractivity contribution >= 4 is 55.0 Å². The highest BCUT2D eigenvalue weighted by atomic mass is 16.4. The number of para-hydroxylation sites is 4. The zero-order valence-corrected chi connectivity index (χ0v) is 28.9. The molecule has 0 aliphatic carbocycles. The number of fused-ring (bicyclic) bond motifs is 7. The first-order valence-corrected chi connectivity index (χ1v) is 17.8. The largest absolute Gasteiger partial charge is 0.455 e. The lowest BCUT2D eigenvalue weighted by Gasteiger charge is -2.10. The van der Waals surface area contributed by atoms with Gasteiger partial charge in [-0.2, -0.15) is 0 Å². The maximum atomic E-state index is 6.60. The average molecular weight is 697 g/mol. The van der Waals surface area contributed by atoms with E-state index in [4.69, 9.17) is 33.2 Å². The Balaban J connectivity index is 1.10. The summed E-state index contributed by atoms with van der Waals surface area (Å²) in [6.07, 6.45) is 0. The van der Waals surface area contributed by atoms with Gasteiger partial charge in [-0.1, -0.05) is 121 Å². The van der Waals surface area contributed by atoms with E-state index in [0.29, 0.717) is 34.5 Å². The van der Waals surface area contributed by atoms with Gasteiger partial charge in [-0.15, -0.1) is 0 Å². The number of nitrogens with zero attached hydrogens (tertiary/aromatic N) is 4. The number of aromatic nitrogens is 4. The van der Waals surface area contributed by atoms with Crippen LogP contribution >= 0.6 is 0 Å². The fourth-order valence-corrected chi connectivity index (χ4v) is 7.55. The van der Waals surface area contributed by atoms with E-state index in [2.05, 4.69) is 42.5 Å². The lowest BCUT2D eigenvalue weighted by Crippen LogP contribution is -2.00. The van der Waals surface area contributed by atoms with Gasteiger partial charge in [0.05, 0.1) is 5.56 Å². The fourth-order valence-electron chi connectivity index (χ4n) is 7.55. The monoisotopic (exact) mass is 696 g/mol. The van der Waals surface area contributed by atoms with Gasteiger partial charge in [0.2, 0.25) is 5.89 Å². The van der Waals surface area contributed by atoms with E-state index >= 15 is 0 Å². The van der Waals surface area contributed by atoms with Crippen LogP contribution in [0, 0.1) is 6.92 Å². The Bertz CT molecular complexity index is 3250. The summed E-state index contributed by atoms with van der Waals surface area (Å²) >= 11 is 0. The molecule has 0 radical (unpaired) electrons. The quantitative estimate of drug-likeness (QED) is 0.177. The number of hydrogen-bond acceptors (Lipinski definition) is 7. The van der Waals surface area contributed by atoms with Crippen molar-refractivity contribution in [3.8, 4) is 56.7 Å². The molecule has 0 fully saturated rings. The van der Waals surface area contributed by atoms with Crippen LogP contribution in [0.25, 0.3) is 112 Å². The SMILES string of the molecule is Cc1cccc2oc(-c3cccc4c3oc3cccc(-c5nc(-c6ccccc6)nc(-c6cccc(-c7cccc8c7oc7ccccc78)c6)n5)c34)nc12. The van der Waals surface area contributed by atoms with Crippen LogP contribution in [0.3, 0.4) is 0 Å². The van der Waals surface area contributed by atoms with Crippen LogP contribution in [0.5, 0.6) is 0 Å². The molecule has 54 heavy (non-hydrogen) atoms. The number of aryl methyl sites for hydroxylation is 1. The van der Waals surface area contributed by atoms with Crippen LogP contribution in [0.2, 0.25) is 0 Å². The number of furan rings is 2. The molecule has 0 saturated heterocycles. The van der Waals surface area contributed by atoms with E-state index in [-0.39, 0.29) is 0 Å². The minimum absolute atomic E-state index is 0.512. The highest BCUT2D eigenvalue weighted by molar-refractivity contribution is 6.15. The Hall–Kier alpha value is -7.38. The number of rotatable bonds is 5. The first-order valence-electron chi connectivity index (χ1n) is 17.8. The van der Waals surface area contributed by atoms with Gasteiger partial charge in [-0.3, -0.25) is 0 Å². The predicted molar refractivity (Wildman–Crippen MR) is 214 cm³/mol. The van der Waals surface area contributed by atoms with Gasteiger partial charge >= 0.3 is 0 Å². The summed E-state index contributed by atoms with van der Waals surface area (Å²) in [6, 6.07) is 50.7. The summed E-state index contributed by atoms with van der Waals surface area (Å²) < 4.78 is 19.3. The number of benzene rings is 7. The Morgan fingerprint density at radius 1 is 0.389 bits per heavy atom. The zero-order valence-electron chi connectivity index (χ0n) is 28.9. The molecule has 0 aliphatic heterocycles. The van der Waals surface area contributed by atoms with E-state index in [1.807, 2.05) is 116 Å². The molecule has 0 aliphatic rings. The molecule has 254 valence electrons. The highest BCUT2D eigenvalue weighted by Crippen LogP contribution is 2.41.